The van der Waals surface area contributed by atoms with Crippen molar-refractivity contribution in [1.82, 2.24) is 14.9 Å². The van der Waals surface area contributed by atoms with Crippen molar-refractivity contribution in [3.05, 3.63) is 33.3 Å². The molecule has 10 heteroatoms. The number of rotatable bonds is 10. The molecule has 0 aliphatic rings. The molecule has 0 unspecified atom stereocenters. The summed E-state index contributed by atoms with van der Waals surface area (Å²) in [5.74, 6) is 0.979. The molecule has 4 N–H and O–H groups in total. The number of amides is 1. The number of nitrogens with two attached hydrogens (primary N) is 1. The van der Waals surface area contributed by atoms with E-state index in [1.54, 1.807) is 16.8 Å². The van der Waals surface area contributed by atoms with Crippen LogP contribution < -0.4 is 20.6 Å². The Morgan fingerprint density at radius 2 is 2.19 bits per heavy atom. The van der Waals surface area contributed by atoms with E-state index in [-0.39, 0.29) is 6.61 Å². The zero-order valence-corrected chi connectivity index (χ0v) is 16.2. The quantitative estimate of drug-likeness (QED) is 0.530. The molecular formula is C16H22ClN5O3S. The Hall–Kier alpha value is -2.26. The van der Waals surface area contributed by atoms with Gasteiger partial charge in [-0.25, -0.2) is 4.68 Å². The normalized spacial score (nSPS) is 10.6. The average Bonchev–Trinajstić information content (AvgIpc) is 2.92. The number of benzene rings is 1. The summed E-state index contributed by atoms with van der Waals surface area (Å²) in [6, 6.07) is 3.53. The Morgan fingerprint density at radius 1 is 1.42 bits per heavy atom. The number of aromatic amines is 1. The van der Waals surface area contributed by atoms with Crippen molar-refractivity contribution in [1.29, 1.82) is 0 Å². The molecule has 26 heavy (non-hydrogen) atoms. The highest BCUT2D eigenvalue weighted by Gasteiger charge is 2.14. The third-order valence-corrected chi connectivity index (χ3v) is 3.94. The minimum Gasteiger partial charge on any atom is -0.490 e. The van der Waals surface area contributed by atoms with E-state index in [0.717, 1.165) is 24.2 Å². The van der Waals surface area contributed by atoms with Gasteiger partial charge in [-0.2, -0.15) is 5.10 Å². The lowest BCUT2D eigenvalue weighted by atomic mass is 10.2. The molecule has 0 saturated heterocycles. The highest BCUT2D eigenvalue weighted by molar-refractivity contribution is 7.71. The highest BCUT2D eigenvalue weighted by Crippen LogP contribution is 2.36. The number of carbonyl (C=O) groups excluding carboxylic acids is 1. The molecule has 0 spiro atoms. The number of nitrogens with one attached hydrogen (secondary N) is 2. The summed E-state index contributed by atoms with van der Waals surface area (Å²) in [7, 11) is 0. The molecule has 0 aliphatic heterocycles. The molecule has 0 fully saturated rings. The molecule has 0 saturated carbocycles. The van der Waals surface area contributed by atoms with E-state index in [0.29, 0.717) is 34.4 Å². The molecular weight excluding hydrogens is 378 g/mol. The summed E-state index contributed by atoms with van der Waals surface area (Å²) < 4.78 is 13.2. The molecule has 1 heterocycles. The molecule has 1 aromatic heterocycles. The molecule has 1 amide bonds. The van der Waals surface area contributed by atoms with Crippen LogP contribution in [0.4, 0.5) is 0 Å². The lowest BCUT2D eigenvalue weighted by Gasteiger charge is -2.15. The highest BCUT2D eigenvalue weighted by atomic mass is 35.5. The van der Waals surface area contributed by atoms with Gasteiger partial charge in [0.1, 0.15) is 0 Å². The molecule has 0 aliphatic carbocycles. The first-order chi connectivity index (χ1) is 12.5. The number of halogens is 1. The second kappa shape index (κ2) is 9.44. The first-order valence-electron chi connectivity index (χ1n) is 8.22. The Morgan fingerprint density at radius 3 is 2.85 bits per heavy atom. The Kier molecular flexibility index (Phi) is 7.28. The summed E-state index contributed by atoms with van der Waals surface area (Å²) in [5, 5.41) is 7.31. The topological polar surface area (TPSA) is 107 Å². The number of hydrogen-bond donors (Lipinski definition) is 3. The van der Waals surface area contributed by atoms with Crippen LogP contribution in [0.25, 0.3) is 0 Å². The van der Waals surface area contributed by atoms with E-state index >= 15 is 0 Å². The first-order valence-corrected chi connectivity index (χ1v) is 9.01. The van der Waals surface area contributed by atoms with E-state index in [4.69, 9.17) is 39.0 Å². The summed E-state index contributed by atoms with van der Waals surface area (Å²) in [4.78, 5) is 11.0. The standard InChI is InChI=1S/C16H22ClN5O3S/c1-3-5-14-20-21-16(26)22(14)19-8-10-6-11(17)15(25-9-13(18)23)12(7-10)24-4-2/h6-7,19H,3-5,8-9H2,1-2H3,(H2,18,23)(H,21,26). The smallest absolute Gasteiger partial charge is 0.255 e. The van der Waals surface area contributed by atoms with E-state index in [1.165, 1.54) is 0 Å². The van der Waals surface area contributed by atoms with Crippen LogP contribution in [0.5, 0.6) is 11.5 Å². The van der Waals surface area contributed by atoms with E-state index < -0.39 is 5.91 Å². The molecule has 0 radical (unpaired) electrons. The van der Waals surface area contributed by atoms with Crippen LogP contribution in [0.15, 0.2) is 12.1 Å². The molecule has 0 bridgehead atoms. The number of nitrogens with zero attached hydrogens (tertiary/aromatic N) is 2. The molecule has 1 aromatic carbocycles. The van der Waals surface area contributed by atoms with E-state index in [9.17, 15) is 4.79 Å². The van der Waals surface area contributed by atoms with Gasteiger partial charge in [0.25, 0.3) is 5.91 Å². The van der Waals surface area contributed by atoms with Crippen molar-refractivity contribution in [2.75, 3.05) is 18.6 Å². The second-order valence-corrected chi connectivity index (χ2v) is 6.25. The monoisotopic (exact) mass is 399 g/mol. The van der Waals surface area contributed by atoms with Gasteiger partial charge in [0.15, 0.2) is 23.9 Å². The predicted molar refractivity (Wildman–Crippen MR) is 102 cm³/mol. The summed E-state index contributed by atoms with van der Waals surface area (Å²) in [6.07, 6.45) is 1.75. The van der Waals surface area contributed by atoms with Gasteiger partial charge in [-0.3, -0.25) is 9.89 Å². The minimum atomic E-state index is -0.591. The van der Waals surface area contributed by atoms with Gasteiger partial charge in [-0.05, 0) is 43.3 Å². The fraction of sp³-hybridized carbons (Fsp3) is 0.438. The number of ether oxygens (including phenoxy) is 2. The maximum absolute atomic E-state index is 11.0. The summed E-state index contributed by atoms with van der Waals surface area (Å²) in [6.45, 7) is 4.51. The van der Waals surface area contributed by atoms with E-state index in [1.807, 2.05) is 6.92 Å². The van der Waals surface area contributed by atoms with Gasteiger partial charge in [-0.15, -0.1) is 0 Å². The van der Waals surface area contributed by atoms with Gasteiger partial charge >= 0.3 is 0 Å². The maximum Gasteiger partial charge on any atom is 0.255 e. The van der Waals surface area contributed by atoms with Crippen LogP contribution in [0.1, 0.15) is 31.7 Å². The number of H-pyrrole nitrogens is 1. The molecule has 8 nitrogen and oxygen atoms in total. The van der Waals surface area contributed by atoms with Crippen molar-refractivity contribution in [2.45, 2.75) is 33.2 Å². The number of aryl methyl sites for hydroxylation is 1. The fourth-order valence-corrected chi connectivity index (χ4v) is 2.83. The zero-order valence-electron chi connectivity index (χ0n) is 14.7. The Bertz CT molecular complexity index is 821. The number of aromatic nitrogens is 3. The van der Waals surface area contributed by atoms with Crippen LogP contribution in [-0.4, -0.2) is 34.0 Å². The second-order valence-electron chi connectivity index (χ2n) is 5.46. The lowest BCUT2D eigenvalue weighted by molar-refractivity contribution is -0.119. The molecule has 2 rings (SSSR count). The first kappa shape index (κ1) is 20.1. The third-order valence-electron chi connectivity index (χ3n) is 3.38. The van der Waals surface area contributed by atoms with Gasteiger partial charge < -0.3 is 20.6 Å². The van der Waals surface area contributed by atoms with Crippen molar-refractivity contribution in [2.24, 2.45) is 5.73 Å². The zero-order chi connectivity index (χ0) is 19.1. The fourth-order valence-electron chi connectivity index (χ4n) is 2.32. The van der Waals surface area contributed by atoms with Gasteiger partial charge in [0.05, 0.1) is 18.2 Å². The predicted octanol–water partition coefficient (Wildman–Crippen LogP) is 2.55. The van der Waals surface area contributed by atoms with Crippen LogP contribution in [0.2, 0.25) is 5.02 Å². The summed E-state index contributed by atoms with van der Waals surface area (Å²) >= 11 is 11.5. The van der Waals surface area contributed by atoms with Crippen molar-refractivity contribution in [3.63, 3.8) is 0 Å². The third kappa shape index (κ3) is 5.12. The van der Waals surface area contributed by atoms with Crippen molar-refractivity contribution in [3.8, 4) is 11.5 Å². The Labute approximate surface area is 161 Å². The molecule has 142 valence electrons. The SMILES string of the molecule is CCCc1n[nH]c(=S)n1NCc1cc(Cl)c(OCC(N)=O)c(OCC)c1. The largest absolute Gasteiger partial charge is 0.490 e. The van der Waals surface area contributed by atoms with E-state index in [2.05, 4.69) is 22.5 Å². The van der Waals surface area contributed by atoms with Gasteiger partial charge in [-0.1, -0.05) is 18.5 Å². The summed E-state index contributed by atoms with van der Waals surface area (Å²) in [5.41, 5.74) is 9.20. The molecule has 0 atom stereocenters. The van der Waals surface area contributed by atoms with Crippen molar-refractivity contribution < 1.29 is 14.3 Å². The number of primary amides is 1. The van der Waals surface area contributed by atoms with Crippen LogP contribution in [0, 0.1) is 4.77 Å². The number of carbonyl (C=O) groups is 1. The van der Waals surface area contributed by atoms with Gasteiger partial charge in [0, 0.05) is 6.42 Å². The number of hydrogen-bond acceptors (Lipinski definition) is 6. The Balaban J connectivity index is 2.21. The van der Waals surface area contributed by atoms with Gasteiger partial charge in [0.2, 0.25) is 4.77 Å². The van der Waals surface area contributed by atoms with Crippen LogP contribution >= 0.6 is 23.8 Å². The minimum absolute atomic E-state index is 0.276. The van der Waals surface area contributed by atoms with Crippen LogP contribution in [-0.2, 0) is 17.8 Å². The maximum atomic E-state index is 11.0. The molecule has 2 aromatic rings. The van der Waals surface area contributed by atoms with Crippen molar-refractivity contribution >= 4 is 29.7 Å². The average molecular weight is 400 g/mol. The lowest BCUT2D eigenvalue weighted by Crippen LogP contribution is -2.20. The van der Waals surface area contributed by atoms with Crippen LogP contribution in [0.3, 0.4) is 0 Å².